The third-order valence-corrected chi connectivity index (χ3v) is 3.68. The van der Waals surface area contributed by atoms with Gasteiger partial charge in [-0.3, -0.25) is 0 Å². The number of halogens is 1. The fourth-order valence-corrected chi connectivity index (χ4v) is 2.32. The maximum absolute atomic E-state index is 6.01. The predicted molar refractivity (Wildman–Crippen MR) is 82.0 cm³/mol. The minimum atomic E-state index is 0.0212. The normalized spacial score (nSPS) is 12.5. The maximum Gasteiger partial charge on any atom is 0.134 e. The van der Waals surface area contributed by atoms with E-state index in [1.165, 1.54) is 0 Å². The van der Waals surface area contributed by atoms with E-state index in [2.05, 4.69) is 39.1 Å². The van der Waals surface area contributed by atoms with Crippen LogP contribution in [0, 0.1) is 0 Å². The molecule has 0 saturated heterocycles. The number of benzene rings is 1. The molecule has 1 aromatic carbocycles. The van der Waals surface area contributed by atoms with Crippen molar-refractivity contribution in [1.82, 2.24) is 5.32 Å². The van der Waals surface area contributed by atoms with Crippen LogP contribution in [0.2, 0.25) is 5.02 Å². The van der Waals surface area contributed by atoms with Crippen molar-refractivity contribution in [3.8, 4) is 0 Å². The highest BCUT2D eigenvalue weighted by atomic mass is 35.5. The molecule has 1 aromatic heterocycles. The van der Waals surface area contributed by atoms with Crippen LogP contribution in [0.15, 0.2) is 28.7 Å². The Morgan fingerprint density at radius 2 is 2.00 bits per heavy atom. The van der Waals surface area contributed by atoms with Gasteiger partial charge < -0.3 is 9.73 Å². The summed E-state index contributed by atoms with van der Waals surface area (Å²) in [6.07, 6.45) is 1.04. The summed E-state index contributed by atoms with van der Waals surface area (Å²) in [5.74, 6) is 1.02. The Hall–Kier alpha value is -0.990. The molecule has 0 unspecified atom stereocenters. The van der Waals surface area contributed by atoms with E-state index in [4.69, 9.17) is 16.0 Å². The van der Waals surface area contributed by atoms with Crippen LogP contribution in [-0.4, -0.2) is 12.6 Å². The zero-order valence-electron chi connectivity index (χ0n) is 12.1. The zero-order chi connectivity index (χ0) is 14.0. The van der Waals surface area contributed by atoms with Crippen LogP contribution in [0.4, 0.5) is 0 Å². The monoisotopic (exact) mass is 279 g/mol. The van der Waals surface area contributed by atoms with Crippen molar-refractivity contribution in [2.24, 2.45) is 0 Å². The van der Waals surface area contributed by atoms with Gasteiger partial charge in [0.25, 0.3) is 0 Å². The molecule has 0 atom stereocenters. The number of hydrogen-bond donors (Lipinski definition) is 1. The van der Waals surface area contributed by atoms with Crippen LogP contribution in [0.3, 0.4) is 0 Å². The number of hydrogen-bond acceptors (Lipinski definition) is 2. The second-order valence-corrected chi connectivity index (χ2v) is 6.47. The van der Waals surface area contributed by atoms with Gasteiger partial charge >= 0.3 is 0 Å². The maximum atomic E-state index is 6.01. The average molecular weight is 280 g/mol. The average Bonchev–Trinajstić information content (AvgIpc) is 2.71. The Morgan fingerprint density at radius 3 is 2.68 bits per heavy atom. The standard InChI is InChI=1S/C16H22ClNO/c1-11(2)18-8-7-16(3,4)15-10-12-9-13(17)5-6-14(12)19-15/h5-6,9-11,18H,7-8H2,1-4H3. The summed E-state index contributed by atoms with van der Waals surface area (Å²) in [6.45, 7) is 9.75. The van der Waals surface area contributed by atoms with Gasteiger partial charge in [-0.25, -0.2) is 0 Å². The molecule has 0 aliphatic heterocycles. The number of furan rings is 1. The highest BCUT2D eigenvalue weighted by Gasteiger charge is 2.24. The molecule has 2 rings (SSSR count). The molecule has 0 aliphatic rings. The summed E-state index contributed by atoms with van der Waals surface area (Å²) in [7, 11) is 0. The van der Waals surface area contributed by atoms with Crippen molar-refractivity contribution in [1.29, 1.82) is 0 Å². The molecule has 0 amide bonds. The molecule has 0 aliphatic carbocycles. The second kappa shape index (κ2) is 5.56. The zero-order valence-corrected chi connectivity index (χ0v) is 12.8. The summed E-state index contributed by atoms with van der Waals surface area (Å²) in [5.41, 5.74) is 0.928. The van der Waals surface area contributed by atoms with Crippen molar-refractivity contribution >= 4 is 22.6 Å². The molecule has 2 aromatic rings. The number of rotatable bonds is 5. The van der Waals surface area contributed by atoms with E-state index in [0.717, 1.165) is 34.7 Å². The van der Waals surface area contributed by atoms with Gasteiger partial charge in [-0.05, 0) is 37.2 Å². The SMILES string of the molecule is CC(C)NCCC(C)(C)c1cc2cc(Cl)ccc2o1. The highest BCUT2D eigenvalue weighted by Crippen LogP contribution is 2.32. The fourth-order valence-electron chi connectivity index (χ4n) is 2.14. The second-order valence-electron chi connectivity index (χ2n) is 6.04. The number of fused-ring (bicyclic) bond motifs is 1. The summed E-state index contributed by atoms with van der Waals surface area (Å²) in [5, 5.41) is 5.28. The first-order valence-corrected chi connectivity index (χ1v) is 7.19. The summed E-state index contributed by atoms with van der Waals surface area (Å²) < 4.78 is 5.96. The van der Waals surface area contributed by atoms with E-state index in [-0.39, 0.29) is 5.41 Å². The molecule has 2 nitrogen and oxygen atoms in total. The molecule has 19 heavy (non-hydrogen) atoms. The molecule has 1 N–H and O–H groups in total. The molecule has 0 fully saturated rings. The third kappa shape index (κ3) is 3.52. The highest BCUT2D eigenvalue weighted by molar-refractivity contribution is 6.31. The van der Waals surface area contributed by atoms with Gasteiger partial charge in [0.1, 0.15) is 11.3 Å². The van der Waals surface area contributed by atoms with Crippen LogP contribution in [0.5, 0.6) is 0 Å². The Bertz CT molecular complexity index is 557. The van der Waals surface area contributed by atoms with E-state index < -0.39 is 0 Å². The van der Waals surface area contributed by atoms with Gasteiger partial charge in [0.05, 0.1) is 0 Å². The lowest BCUT2D eigenvalue weighted by atomic mass is 9.86. The summed E-state index contributed by atoms with van der Waals surface area (Å²) in [4.78, 5) is 0. The Balaban J connectivity index is 2.17. The summed E-state index contributed by atoms with van der Waals surface area (Å²) >= 11 is 6.01. The minimum Gasteiger partial charge on any atom is -0.461 e. The molecular formula is C16H22ClNO. The van der Waals surface area contributed by atoms with Gasteiger partial charge in [-0.1, -0.05) is 39.3 Å². The van der Waals surface area contributed by atoms with E-state index in [1.807, 2.05) is 18.2 Å². The van der Waals surface area contributed by atoms with Crippen molar-refractivity contribution in [3.63, 3.8) is 0 Å². The van der Waals surface area contributed by atoms with Crippen molar-refractivity contribution in [2.45, 2.75) is 45.6 Å². The lowest BCUT2D eigenvalue weighted by molar-refractivity contribution is 0.365. The van der Waals surface area contributed by atoms with Crippen LogP contribution in [0.1, 0.15) is 39.9 Å². The van der Waals surface area contributed by atoms with Gasteiger partial charge in [-0.2, -0.15) is 0 Å². The van der Waals surface area contributed by atoms with E-state index in [9.17, 15) is 0 Å². The quantitative estimate of drug-likeness (QED) is 0.854. The van der Waals surface area contributed by atoms with Gasteiger partial charge in [0.15, 0.2) is 0 Å². The van der Waals surface area contributed by atoms with E-state index in [1.54, 1.807) is 0 Å². The smallest absolute Gasteiger partial charge is 0.134 e. The van der Waals surface area contributed by atoms with Gasteiger partial charge in [-0.15, -0.1) is 0 Å². The van der Waals surface area contributed by atoms with Crippen molar-refractivity contribution in [3.05, 3.63) is 35.0 Å². The molecule has 104 valence electrons. The number of nitrogens with one attached hydrogen (secondary N) is 1. The van der Waals surface area contributed by atoms with Gasteiger partial charge in [0, 0.05) is 21.9 Å². The van der Waals surface area contributed by atoms with E-state index >= 15 is 0 Å². The van der Waals surface area contributed by atoms with Crippen LogP contribution in [-0.2, 0) is 5.41 Å². The van der Waals surface area contributed by atoms with Crippen LogP contribution >= 0.6 is 11.6 Å². The van der Waals surface area contributed by atoms with Crippen LogP contribution in [0.25, 0.3) is 11.0 Å². The van der Waals surface area contributed by atoms with E-state index in [0.29, 0.717) is 6.04 Å². The Kier molecular flexibility index (Phi) is 4.22. The third-order valence-electron chi connectivity index (χ3n) is 3.45. The molecule has 0 saturated carbocycles. The van der Waals surface area contributed by atoms with Crippen molar-refractivity contribution < 1.29 is 4.42 Å². The molecule has 0 spiro atoms. The Labute approximate surface area is 120 Å². The molecule has 1 heterocycles. The summed E-state index contributed by atoms with van der Waals surface area (Å²) in [6, 6.07) is 8.38. The van der Waals surface area contributed by atoms with Gasteiger partial charge in [0.2, 0.25) is 0 Å². The molecule has 0 bridgehead atoms. The minimum absolute atomic E-state index is 0.0212. The lowest BCUT2D eigenvalue weighted by Crippen LogP contribution is -2.29. The molecule has 3 heteroatoms. The predicted octanol–water partition coefficient (Wildman–Crippen LogP) is 4.75. The molecule has 0 radical (unpaired) electrons. The molecular weight excluding hydrogens is 258 g/mol. The fraction of sp³-hybridized carbons (Fsp3) is 0.500. The first-order chi connectivity index (χ1) is 8.88. The first kappa shape index (κ1) is 14.4. The first-order valence-electron chi connectivity index (χ1n) is 6.81. The topological polar surface area (TPSA) is 25.2 Å². The Morgan fingerprint density at radius 1 is 1.26 bits per heavy atom. The van der Waals surface area contributed by atoms with Crippen LogP contribution < -0.4 is 5.32 Å². The van der Waals surface area contributed by atoms with Crippen molar-refractivity contribution in [2.75, 3.05) is 6.54 Å². The lowest BCUT2D eigenvalue weighted by Gasteiger charge is -2.22. The largest absolute Gasteiger partial charge is 0.461 e.